The van der Waals surface area contributed by atoms with Gasteiger partial charge in [-0.15, -0.1) is 11.6 Å². The number of nitriles is 1. The SMILES string of the molecule is N#C[C@H]1c2ccccc2C=CN1C(=O)CCCl. The molecule has 0 fully saturated rings. The molecule has 0 spiro atoms. The topological polar surface area (TPSA) is 44.1 Å². The third-order valence-electron chi connectivity index (χ3n) is 2.70. The molecule has 0 saturated carbocycles. The Labute approximate surface area is 105 Å². The number of halogens is 1. The zero-order chi connectivity index (χ0) is 12.3. The van der Waals surface area contributed by atoms with E-state index < -0.39 is 6.04 Å². The molecule has 1 aliphatic heterocycles. The smallest absolute Gasteiger partial charge is 0.229 e. The molecule has 2 rings (SSSR count). The van der Waals surface area contributed by atoms with Gasteiger partial charge in [0.15, 0.2) is 0 Å². The second kappa shape index (κ2) is 5.03. The first-order chi connectivity index (χ1) is 8.27. The molecular weight excluding hydrogens is 236 g/mol. The van der Waals surface area contributed by atoms with E-state index in [9.17, 15) is 10.1 Å². The van der Waals surface area contributed by atoms with Crippen LogP contribution < -0.4 is 0 Å². The number of amides is 1. The van der Waals surface area contributed by atoms with E-state index in [4.69, 9.17) is 11.6 Å². The maximum absolute atomic E-state index is 11.8. The fourth-order valence-corrected chi connectivity index (χ4v) is 2.04. The third kappa shape index (κ3) is 2.17. The van der Waals surface area contributed by atoms with Gasteiger partial charge in [-0.05, 0) is 17.2 Å². The van der Waals surface area contributed by atoms with E-state index in [1.165, 1.54) is 4.90 Å². The summed E-state index contributed by atoms with van der Waals surface area (Å²) >= 11 is 5.55. The lowest BCUT2D eigenvalue weighted by atomic mass is 9.97. The Morgan fingerprint density at radius 1 is 1.47 bits per heavy atom. The van der Waals surface area contributed by atoms with Crippen LogP contribution in [0.4, 0.5) is 0 Å². The Morgan fingerprint density at radius 3 is 2.94 bits per heavy atom. The normalized spacial score (nSPS) is 17.4. The van der Waals surface area contributed by atoms with Gasteiger partial charge < -0.3 is 0 Å². The van der Waals surface area contributed by atoms with Crippen molar-refractivity contribution in [2.75, 3.05) is 5.88 Å². The molecule has 1 atom stereocenters. The highest BCUT2D eigenvalue weighted by Gasteiger charge is 2.26. The summed E-state index contributed by atoms with van der Waals surface area (Å²) < 4.78 is 0. The Hall–Kier alpha value is -1.79. The van der Waals surface area contributed by atoms with Crippen LogP contribution in [0.5, 0.6) is 0 Å². The van der Waals surface area contributed by atoms with Crippen molar-refractivity contribution in [3.63, 3.8) is 0 Å². The minimum atomic E-state index is -0.549. The molecule has 0 saturated heterocycles. The van der Waals surface area contributed by atoms with Crippen molar-refractivity contribution < 1.29 is 4.79 Å². The molecule has 4 heteroatoms. The van der Waals surface area contributed by atoms with Crippen LogP contribution in [0.25, 0.3) is 6.08 Å². The Balaban J connectivity index is 2.36. The van der Waals surface area contributed by atoms with Crippen LogP contribution in [-0.4, -0.2) is 16.7 Å². The molecule has 0 radical (unpaired) electrons. The highest BCUT2D eigenvalue weighted by atomic mass is 35.5. The number of alkyl halides is 1. The number of benzene rings is 1. The van der Waals surface area contributed by atoms with Gasteiger partial charge in [0, 0.05) is 18.5 Å². The van der Waals surface area contributed by atoms with Crippen molar-refractivity contribution in [2.45, 2.75) is 12.5 Å². The van der Waals surface area contributed by atoms with Crippen LogP contribution in [0.1, 0.15) is 23.6 Å². The monoisotopic (exact) mass is 246 g/mol. The molecule has 1 aromatic rings. The lowest BCUT2D eigenvalue weighted by Gasteiger charge is -2.28. The van der Waals surface area contributed by atoms with Gasteiger partial charge in [0.05, 0.1) is 6.07 Å². The van der Waals surface area contributed by atoms with Crippen molar-refractivity contribution in [2.24, 2.45) is 0 Å². The van der Waals surface area contributed by atoms with E-state index in [2.05, 4.69) is 6.07 Å². The Bertz CT molecular complexity index is 504. The molecule has 1 heterocycles. The molecule has 17 heavy (non-hydrogen) atoms. The number of rotatable bonds is 2. The molecule has 86 valence electrons. The quantitative estimate of drug-likeness (QED) is 0.753. The molecular formula is C13H11ClN2O. The van der Waals surface area contributed by atoms with Gasteiger partial charge in [-0.25, -0.2) is 0 Å². The summed E-state index contributed by atoms with van der Waals surface area (Å²) in [5.41, 5.74) is 1.84. The Kier molecular flexibility index (Phi) is 3.46. The molecule has 0 bridgehead atoms. The summed E-state index contributed by atoms with van der Waals surface area (Å²) in [6, 6.07) is 9.19. The summed E-state index contributed by atoms with van der Waals surface area (Å²) in [6.45, 7) is 0. The van der Waals surface area contributed by atoms with Crippen molar-refractivity contribution in [1.29, 1.82) is 5.26 Å². The second-order valence-corrected chi connectivity index (χ2v) is 4.09. The Morgan fingerprint density at radius 2 is 2.24 bits per heavy atom. The van der Waals surface area contributed by atoms with Crippen LogP contribution in [0.3, 0.4) is 0 Å². The van der Waals surface area contributed by atoms with E-state index >= 15 is 0 Å². The van der Waals surface area contributed by atoms with Crippen LogP contribution in [0.15, 0.2) is 30.5 Å². The molecule has 1 amide bonds. The highest BCUT2D eigenvalue weighted by Crippen LogP contribution is 2.29. The van der Waals surface area contributed by atoms with Crippen LogP contribution in [0, 0.1) is 11.3 Å². The van der Waals surface area contributed by atoms with Crippen LogP contribution in [-0.2, 0) is 4.79 Å². The molecule has 1 aliphatic rings. The zero-order valence-corrected chi connectivity index (χ0v) is 9.89. The van der Waals surface area contributed by atoms with Gasteiger partial charge in [-0.2, -0.15) is 5.26 Å². The molecule has 0 unspecified atom stereocenters. The lowest BCUT2D eigenvalue weighted by Crippen LogP contribution is -2.31. The second-order valence-electron chi connectivity index (χ2n) is 3.72. The van der Waals surface area contributed by atoms with Gasteiger partial charge >= 0.3 is 0 Å². The number of hydrogen-bond acceptors (Lipinski definition) is 2. The molecule has 1 aromatic carbocycles. The van der Waals surface area contributed by atoms with Gasteiger partial charge in [0.1, 0.15) is 6.04 Å². The van der Waals surface area contributed by atoms with Crippen LogP contribution in [0.2, 0.25) is 0 Å². The average molecular weight is 247 g/mol. The summed E-state index contributed by atoms with van der Waals surface area (Å²) in [4.78, 5) is 13.3. The fourth-order valence-electron chi connectivity index (χ4n) is 1.88. The number of carbonyl (C=O) groups excluding carboxylic acids is 1. The number of carbonyl (C=O) groups is 1. The minimum Gasteiger partial charge on any atom is -0.298 e. The third-order valence-corrected chi connectivity index (χ3v) is 2.89. The summed E-state index contributed by atoms with van der Waals surface area (Å²) in [5.74, 6) is 0.139. The van der Waals surface area contributed by atoms with Gasteiger partial charge in [-0.3, -0.25) is 9.69 Å². The number of fused-ring (bicyclic) bond motifs is 1. The molecule has 0 aromatic heterocycles. The number of nitrogens with zero attached hydrogens (tertiary/aromatic N) is 2. The molecule has 0 N–H and O–H groups in total. The molecule has 3 nitrogen and oxygen atoms in total. The van der Waals surface area contributed by atoms with E-state index in [-0.39, 0.29) is 18.2 Å². The first-order valence-electron chi connectivity index (χ1n) is 5.32. The van der Waals surface area contributed by atoms with Crippen molar-refractivity contribution in [3.05, 3.63) is 41.6 Å². The lowest BCUT2D eigenvalue weighted by molar-refractivity contribution is -0.129. The summed E-state index contributed by atoms with van der Waals surface area (Å²) in [5, 5.41) is 9.21. The molecule has 0 aliphatic carbocycles. The van der Waals surface area contributed by atoms with Crippen molar-refractivity contribution in [3.8, 4) is 6.07 Å². The van der Waals surface area contributed by atoms with Crippen LogP contribution >= 0.6 is 11.6 Å². The predicted octanol–water partition coefficient (Wildman–Crippen LogP) is 2.69. The first kappa shape index (κ1) is 11.7. The van der Waals surface area contributed by atoms with E-state index in [0.29, 0.717) is 0 Å². The largest absolute Gasteiger partial charge is 0.298 e. The minimum absolute atomic E-state index is 0.127. The zero-order valence-electron chi connectivity index (χ0n) is 9.14. The first-order valence-corrected chi connectivity index (χ1v) is 5.85. The van der Waals surface area contributed by atoms with Crippen molar-refractivity contribution >= 4 is 23.6 Å². The highest BCUT2D eigenvalue weighted by molar-refractivity contribution is 6.18. The van der Waals surface area contributed by atoms with Gasteiger partial charge in [-0.1, -0.05) is 24.3 Å². The van der Waals surface area contributed by atoms with E-state index in [0.717, 1.165) is 11.1 Å². The van der Waals surface area contributed by atoms with Crippen molar-refractivity contribution in [1.82, 2.24) is 4.90 Å². The fraction of sp³-hybridized carbons (Fsp3) is 0.231. The maximum Gasteiger partial charge on any atom is 0.229 e. The van der Waals surface area contributed by atoms with E-state index in [1.807, 2.05) is 30.3 Å². The number of hydrogen-bond donors (Lipinski definition) is 0. The van der Waals surface area contributed by atoms with E-state index in [1.54, 1.807) is 6.20 Å². The predicted molar refractivity (Wildman–Crippen MR) is 66.0 cm³/mol. The van der Waals surface area contributed by atoms with Gasteiger partial charge in [0.2, 0.25) is 5.91 Å². The summed E-state index contributed by atoms with van der Waals surface area (Å²) in [7, 11) is 0. The standard InChI is InChI=1S/C13H11ClN2O/c14-7-5-13(17)16-8-6-10-3-1-2-4-11(10)12(16)9-15/h1-4,6,8,12H,5,7H2/t12-/m0/s1. The maximum atomic E-state index is 11.8. The average Bonchev–Trinajstić information content (AvgIpc) is 2.37. The van der Waals surface area contributed by atoms with Gasteiger partial charge in [0.25, 0.3) is 0 Å². The summed E-state index contributed by atoms with van der Waals surface area (Å²) in [6.07, 6.45) is 3.74.